The van der Waals surface area contributed by atoms with Crippen molar-refractivity contribution in [3.8, 4) is 0 Å². The molecule has 3 nitrogen and oxygen atoms in total. The summed E-state index contributed by atoms with van der Waals surface area (Å²) in [7, 11) is 0. The van der Waals surface area contributed by atoms with E-state index in [1.165, 1.54) is 30.8 Å². The average molecular weight is 251 g/mol. The Bertz CT molecular complexity index is 338. The zero-order valence-corrected chi connectivity index (χ0v) is 11.0. The highest BCUT2D eigenvalue weighted by Crippen LogP contribution is 2.37. The van der Waals surface area contributed by atoms with E-state index in [1.807, 2.05) is 6.20 Å². The lowest BCUT2D eigenvalue weighted by atomic mass is 9.94. The van der Waals surface area contributed by atoms with Gasteiger partial charge in [0.1, 0.15) is 0 Å². The van der Waals surface area contributed by atoms with Gasteiger partial charge in [0, 0.05) is 37.1 Å². The summed E-state index contributed by atoms with van der Waals surface area (Å²) in [6.07, 6.45) is 7.30. The van der Waals surface area contributed by atoms with E-state index in [0.717, 1.165) is 37.4 Å². The van der Waals surface area contributed by atoms with Gasteiger partial charge in [-0.1, -0.05) is 6.42 Å². The predicted octanol–water partition coefficient (Wildman–Crippen LogP) is 1.66. The molecule has 0 aromatic carbocycles. The summed E-state index contributed by atoms with van der Waals surface area (Å²) < 4.78 is 0. The molecule has 2 aliphatic rings. The summed E-state index contributed by atoms with van der Waals surface area (Å²) in [6, 6.07) is 0.721. The maximum atomic E-state index is 4.30. The molecule has 3 rings (SSSR count). The van der Waals surface area contributed by atoms with Gasteiger partial charge in [-0.3, -0.25) is 0 Å². The molecule has 3 atom stereocenters. The fourth-order valence-corrected chi connectivity index (χ4v) is 3.98. The van der Waals surface area contributed by atoms with E-state index in [-0.39, 0.29) is 0 Å². The van der Waals surface area contributed by atoms with E-state index in [4.69, 9.17) is 0 Å². The molecule has 1 aliphatic carbocycles. The largest absolute Gasteiger partial charge is 0.315 e. The molecule has 0 spiro atoms. The van der Waals surface area contributed by atoms with Crippen molar-refractivity contribution in [3.05, 3.63) is 16.6 Å². The van der Waals surface area contributed by atoms with Crippen LogP contribution < -0.4 is 10.6 Å². The predicted molar refractivity (Wildman–Crippen MR) is 71.3 cm³/mol. The first-order valence-electron chi connectivity index (χ1n) is 6.76. The summed E-state index contributed by atoms with van der Waals surface area (Å²) in [5, 5.41) is 10.6. The second kappa shape index (κ2) is 5.46. The molecule has 1 aromatic rings. The first-order valence-corrected chi connectivity index (χ1v) is 7.64. The number of thiazole rings is 1. The molecule has 3 unspecified atom stereocenters. The zero-order chi connectivity index (χ0) is 11.5. The zero-order valence-electron chi connectivity index (χ0n) is 10.2. The average Bonchev–Trinajstić information content (AvgIpc) is 3.03. The lowest BCUT2D eigenvalue weighted by Gasteiger charge is -2.18. The Balaban J connectivity index is 1.37. The Hall–Kier alpha value is -0.450. The van der Waals surface area contributed by atoms with Crippen LogP contribution in [0.1, 0.15) is 24.3 Å². The number of aromatic nitrogens is 1. The fourth-order valence-electron chi connectivity index (χ4n) is 3.36. The highest BCUT2D eigenvalue weighted by Gasteiger charge is 2.38. The maximum Gasteiger partial charge on any atom is 0.0937 e. The highest BCUT2D eigenvalue weighted by atomic mass is 32.1. The van der Waals surface area contributed by atoms with Crippen molar-refractivity contribution in [1.82, 2.24) is 15.6 Å². The van der Waals surface area contributed by atoms with Crippen LogP contribution in [0.15, 0.2) is 11.6 Å². The Kier molecular flexibility index (Phi) is 3.74. The van der Waals surface area contributed by atoms with Crippen LogP contribution in [0, 0.1) is 11.8 Å². The van der Waals surface area contributed by atoms with Gasteiger partial charge in [-0.2, -0.15) is 0 Å². The van der Waals surface area contributed by atoms with Crippen LogP contribution in [0.5, 0.6) is 0 Å². The van der Waals surface area contributed by atoms with Gasteiger partial charge in [-0.05, 0) is 31.2 Å². The van der Waals surface area contributed by atoms with Crippen LogP contribution in [-0.4, -0.2) is 30.7 Å². The van der Waals surface area contributed by atoms with Gasteiger partial charge >= 0.3 is 0 Å². The molecule has 1 saturated carbocycles. The summed E-state index contributed by atoms with van der Waals surface area (Å²) in [4.78, 5) is 4.30. The van der Waals surface area contributed by atoms with Gasteiger partial charge in [0.25, 0.3) is 0 Å². The Morgan fingerprint density at radius 3 is 3.35 bits per heavy atom. The van der Waals surface area contributed by atoms with E-state index in [9.17, 15) is 0 Å². The van der Waals surface area contributed by atoms with Crippen LogP contribution in [-0.2, 0) is 6.42 Å². The molecule has 0 amide bonds. The Morgan fingerprint density at radius 2 is 2.47 bits per heavy atom. The summed E-state index contributed by atoms with van der Waals surface area (Å²) in [5.41, 5.74) is 0. The molecule has 2 N–H and O–H groups in total. The number of fused-ring (bicyclic) bond motifs is 1. The van der Waals surface area contributed by atoms with Crippen molar-refractivity contribution < 1.29 is 0 Å². The van der Waals surface area contributed by atoms with Gasteiger partial charge in [0.15, 0.2) is 0 Å². The van der Waals surface area contributed by atoms with Crippen molar-refractivity contribution in [2.24, 2.45) is 11.8 Å². The quantitative estimate of drug-likeness (QED) is 0.782. The van der Waals surface area contributed by atoms with Crippen molar-refractivity contribution in [1.29, 1.82) is 0 Å². The number of hydrogen-bond donors (Lipinski definition) is 2. The summed E-state index contributed by atoms with van der Waals surface area (Å²) in [5.74, 6) is 1.92. The van der Waals surface area contributed by atoms with Crippen LogP contribution >= 0.6 is 11.3 Å². The first-order chi connectivity index (χ1) is 8.43. The summed E-state index contributed by atoms with van der Waals surface area (Å²) in [6.45, 7) is 3.44. The molecule has 94 valence electrons. The van der Waals surface area contributed by atoms with Crippen molar-refractivity contribution >= 4 is 11.3 Å². The van der Waals surface area contributed by atoms with Crippen molar-refractivity contribution in [2.75, 3.05) is 19.6 Å². The minimum atomic E-state index is 0.721. The Morgan fingerprint density at radius 1 is 1.47 bits per heavy atom. The van der Waals surface area contributed by atoms with Crippen molar-refractivity contribution in [2.45, 2.75) is 31.7 Å². The van der Waals surface area contributed by atoms with E-state index in [0.29, 0.717) is 0 Å². The monoisotopic (exact) mass is 251 g/mol. The van der Waals surface area contributed by atoms with Gasteiger partial charge in [0.05, 0.1) is 5.01 Å². The minimum Gasteiger partial charge on any atom is -0.315 e. The number of nitrogens with one attached hydrogen (secondary N) is 2. The molecule has 4 heteroatoms. The number of rotatable bonds is 5. The first kappa shape index (κ1) is 11.6. The molecule has 2 fully saturated rings. The Labute approximate surface area is 107 Å². The van der Waals surface area contributed by atoms with Crippen LogP contribution in [0.2, 0.25) is 0 Å². The van der Waals surface area contributed by atoms with Crippen molar-refractivity contribution in [3.63, 3.8) is 0 Å². The molecule has 1 aliphatic heterocycles. The molecule has 0 radical (unpaired) electrons. The van der Waals surface area contributed by atoms with Gasteiger partial charge in [-0.15, -0.1) is 11.3 Å². The topological polar surface area (TPSA) is 37.0 Å². The molecule has 1 aromatic heterocycles. The standard InChI is InChI=1S/C13H21N3S/c1-2-10-8-16-12(11(10)3-1)9-14-5-4-13-15-6-7-17-13/h6-7,10-12,14,16H,1-5,8-9H2. The molecule has 0 bridgehead atoms. The second-order valence-electron chi connectivity index (χ2n) is 5.25. The molecular formula is C13H21N3S. The lowest BCUT2D eigenvalue weighted by molar-refractivity contribution is 0.394. The summed E-state index contributed by atoms with van der Waals surface area (Å²) >= 11 is 1.75. The SMILES string of the molecule is c1csc(CCNCC2NCC3CCCC32)n1. The third-order valence-corrected chi connectivity index (χ3v) is 5.08. The number of hydrogen-bond acceptors (Lipinski definition) is 4. The van der Waals surface area contributed by atoms with E-state index >= 15 is 0 Å². The normalized spacial score (nSPS) is 31.9. The second-order valence-corrected chi connectivity index (χ2v) is 6.23. The van der Waals surface area contributed by atoms with Gasteiger partial charge in [0.2, 0.25) is 0 Å². The van der Waals surface area contributed by atoms with E-state index in [1.54, 1.807) is 11.3 Å². The smallest absolute Gasteiger partial charge is 0.0937 e. The molecule has 2 heterocycles. The maximum absolute atomic E-state index is 4.30. The lowest BCUT2D eigenvalue weighted by Crippen LogP contribution is -2.38. The molecular weight excluding hydrogens is 230 g/mol. The molecule has 17 heavy (non-hydrogen) atoms. The third-order valence-electron chi connectivity index (χ3n) is 4.24. The fraction of sp³-hybridized carbons (Fsp3) is 0.769. The van der Waals surface area contributed by atoms with E-state index < -0.39 is 0 Å². The number of nitrogens with zero attached hydrogens (tertiary/aromatic N) is 1. The van der Waals surface area contributed by atoms with Gasteiger partial charge in [-0.25, -0.2) is 4.98 Å². The van der Waals surface area contributed by atoms with Gasteiger partial charge < -0.3 is 10.6 Å². The molecule has 1 saturated heterocycles. The van der Waals surface area contributed by atoms with Crippen LogP contribution in [0.25, 0.3) is 0 Å². The van der Waals surface area contributed by atoms with E-state index in [2.05, 4.69) is 21.0 Å². The van der Waals surface area contributed by atoms with Crippen LogP contribution in [0.4, 0.5) is 0 Å². The highest BCUT2D eigenvalue weighted by molar-refractivity contribution is 7.09. The third kappa shape index (κ3) is 2.69. The minimum absolute atomic E-state index is 0.721. The van der Waals surface area contributed by atoms with Crippen LogP contribution in [0.3, 0.4) is 0 Å².